The van der Waals surface area contributed by atoms with Crippen molar-refractivity contribution in [1.82, 2.24) is 10.2 Å². The minimum atomic E-state index is -0.753. The van der Waals surface area contributed by atoms with E-state index in [-0.39, 0.29) is 35.6 Å². The van der Waals surface area contributed by atoms with Crippen LogP contribution < -0.4 is 5.32 Å². The van der Waals surface area contributed by atoms with Crippen LogP contribution in [0.15, 0.2) is 18.2 Å². The summed E-state index contributed by atoms with van der Waals surface area (Å²) in [6.45, 7) is 5.03. The van der Waals surface area contributed by atoms with Crippen molar-refractivity contribution in [2.45, 2.75) is 32.9 Å². The second-order valence-electron chi connectivity index (χ2n) is 5.27. The number of halogens is 2. The maximum absolute atomic E-state index is 13.6. The summed E-state index contributed by atoms with van der Waals surface area (Å²) in [6.07, 6.45) is -0.678. The highest BCUT2D eigenvalue weighted by Crippen LogP contribution is 2.18. The average Bonchev–Trinajstić information content (AvgIpc) is 2.41. The molecule has 0 heterocycles. The molecule has 7 heteroatoms. The molecule has 0 spiro atoms. The molecule has 122 valence electrons. The first-order valence-corrected chi connectivity index (χ1v) is 7.31. The lowest BCUT2D eigenvalue weighted by Crippen LogP contribution is -2.46. The van der Waals surface area contributed by atoms with Crippen molar-refractivity contribution in [3.63, 3.8) is 0 Å². The molecule has 1 unspecified atom stereocenters. The number of aliphatic hydroxyl groups is 1. The summed E-state index contributed by atoms with van der Waals surface area (Å²) in [4.78, 5) is 25.5. The molecule has 0 radical (unpaired) electrons. The predicted octanol–water partition coefficient (Wildman–Crippen LogP) is 1.83. The van der Waals surface area contributed by atoms with Gasteiger partial charge in [0.1, 0.15) is 5.82 Å². The third-order valence-corrected chi connectivity index (χ3v) is 3.31. The Labute approximate surface area is 134 Å². The van der Waals surface area contributed by atoms with Crippen LogP contribution in [0.1, 0.15) is 31.1 Å². The van der Waals surface area contributed by atoms with Crippen LogP contribution in [0.2, 0.25) is 5.02 Å². The lowest BCUT2D eigenvalue weighted by molar-refractivity contribution is -0.133. The van der Waals surface area contributed by atoms with Crippen LogP contribution in [-0.2, 0) is 4.79 Å². The maximum atomic E-state index is 13.6. The summed E-state index contributed by atoms with van der Waals surface area (Å²) < 4.78 is 13.6. The highest BCUT2D eigenvalue weighted by molar-refractivity contribution is 6.33. The van der Waals surface area contributed by atoms with Gasteiger partial charge in [-0.05, 0) is 32.9 Å². The molecule has 2 N–H and O–H groups in total. The number of hydrogen-bond donors (Lipinski definition) is 2. The molecule has 0 saturated carbocycles. The quantitative estimate of drug-likeness (QED) is 0.836. The Morgan fingerprint density at radius 3 is 2.50 bits per heavy atom. The Kier molecular flexibility index (Phi) is 6.77. The van der Waals surface area contributed by atoms with Gasteiger partial charge in [0.15, 0.2) is 0 Å². The van der Waals surface area contributed by atoms with Gasteiger partial charge in [-0.1, -0.05) is 17.7 Å². The van der Waals surface area contributed by atoms with Gasteiger partial charge in [0, 0.05) is 12.6 Å². The van der Waals surface area contributed by atoms with Gasteiger partial charge in [-0.25, -0.2) is 4.39 Å². The molecule has 0 bridgehead atoms. The normalized spacial score (nSPS) is 12.1. The third kappa shape index (κ3) is 4.96. The van der Waals surface area contributed by atoms with Crippen molar-refractivity contribution in [3.05, 3.63) is 34.6 Å². The van der Waals surface area contributed by atoms with E-state index in [1.54, 1.807) is 20.8 Å². The van der Waals surface area contributed by atoms with E-state index in [0.717, 1.165) is 6.07 Å². The molecule has 1 rings (SSSR count). The number of nitrogens with zero attached hydrogens (tertiary/aromatic N) is 1. The van der Waals surface area contributed by atoms with Crippen LogP contribution in [0.25, 0.3) is 0 Å². The second kappa shape index (κ2) is 8.10. The van der Waals surface area contributed by atoms with Crippen molar-refractivity contribution < 1.29 is 19.1 Å². The van der Waals surface area contributed by atoms with Crippen LogP contribution in [0.4, 0.5) is 4.39 Å². The lowest BCUT2D eigenvalue weighted by atomic mass is 10.2. The minimum Gasteiger partial charge on any atom is -0.392 e. The van der Waals surface area contributed by atoms with E-state index >= 15 is 0 Å². The highest BCUT2D eigenvalue weighted by Gasteiger charge is 2.21. The van der Waals surface area contributed by atoms with Crippen molar-refractivity contribution in [1.29, 1.82) is 0 Å². The summed E-state index contributed by atoms with van der Waals surface area (Å²) in [6, 6.07) is 3.78. The first-order valence-electron chi connectivity index (χ1n) is 6.93. The molecular weight excluding hydrogens is 311 g/mol. The van der Waals surface area contributed by atoms with Crippen LogP contribution in [0.5, 0.6) is 0 Å². The van der Waals surface area contributed by atoms with E-state index in [0.29, 0.717) is 0 Å². The summed E-state index contributed by atoms with van der Waals surface area (Å²) in [5, 5.41) is 11.7. The van der Waals surface area contributed by atoms with E-state index in [1.165, 1.54) is 17.0 Å². The molecular formula is C15H20ClFN2O3. The summed E-state index contributed by atoms with van der Waals surface area (Å²) >= 11 is 5.79. The van der Waals surface area contributed by atoms with Crippen molar-refractivity contribution in [2.24, 2.45) is 0 Å². The zero-order chi connectivity index (χ0) is 16.9. The fourth-order valence-electron chi connectivity index (χ4n) is 1.95. The van der Waals surface area contributed by atoms with E-state index in [1.807, 2.05) is 0 Å². The monoisotopic (exact) mass is 330 g/mol. The Hall–Kier alpha value is -1.66. The molecule has 0 aliphatic rings. The largest absolute Gasteiger partial charge is 0.392 e. The molecule has 0 aromatic heterocycles. The molecule has 0 fully saturated rings. The first kappa shape index (κ1) is 18.4. The summed E-state index contributed by atoms with van der Waals surface area (Å²) in [5.41, 5.74) is -0.288. The molecule has 5 nitrogen and oxygen atoms in total. The van der Waals surface area contributed by atoms with Gasteiger partial charge < -0.3 is 15.3 Å². The van der Waals surface area contributed by atoms with E-state index in [9.17, 15) is 19.1 Å². The Morgan fingerprint density at radius 2 is 2.00 bits per heavy atom. The van der Waals surface area contributed by atoms with Gasteiger partial charge in [-0.2, -0.15) is 0 Å². The molecule has 0 aliphatic carbocycles. The number of carbonyl (C=O) groups excluding carboxylic acids is 2. The molecule has 2 amide bonds. The van der Waals surface area contributed by atoms with Gasteiger partial charge >= 0.3 is 0 Å². The zero-order valence-corrected chi connectivity index (χ0v) is 13.5. The zero-order valence-electron chi connectivity index (χ0n) is 12.8. The number of aliphatic hydroxyl groups excluding tert-OH is 1. The number of rotatable bonds is 6. The fraction of sp³-hybridized carbons (Fsp3) is 0.467. The number of benzene rings is 1. The van der Waals surface area contributed by atoms with E-state index < -0.39 is 17.8 Å². The number of amides is 2. The summed E-state index contributed by atoms with van der Waals surface area (Å²) in [7, 11) is 0. The van der Waals surface area contributed by atoms with Crippen LogP contribution in [0, 0.1) is 5.82 Å². The first-order chi connectivity index (χ1) is 10.2. The highest BCUT2D eigenvalue weighted by atomic mass is 35.5. The Balaban J connectivity index is 2.72. The fourth-order valence-corrected chi connectivity index (χ4v) is 2.19. The molecule has 1 aromatic rings. The SMILES string of the molecule is CC(O)CN(C(=O)CNC(=O)c1c(F)cccc1Cl)C(C)C. The third-order valence-electron chi connectivity index (χ3n) is 2.99. The van der Waals surface area contributed by atoms with Gasteiger partial charge in [-0.15, -0.1) is 0 Å². The number of carbonyl (C=O) groups is 2. The van der Waals surface area contributed by atoms with E-state index in [4.69, 9.17) is 11.6 Å². The Morgan fingerprint density at radius 1 is 1.36 bits per heavy atom. The molecule has 22 heavy (non-hydrogen) atoms. The maximum Gasteiger partial charge on any atom is 0.256 e. The average molecular weight is 331 g/mol. The number of hydrogen-bond acceptors (Lipinski definition) is 3. The molecule has 1 aromatic carbocycles. The van der Waals surface area contributed by atoms with Gasteiger partial charge in [-0.3, -0.25) is 9.59 Å². The van der Waals surface area contributed by atoms with Crippen LogP contribution >= 0.6 is 11.6 Å². The number of nitrogens with one attached hydrogen (secondary N) is 1. The smallest absolute Gasteiger partial charge is 0.256 e. The lowest BCUT2D eigenvalue weighted by Gasteiger charge is -2.28. The van der Waals surface area contributed by atoms with Gasteiger partial charge in [0.25, 0.3) is 5.91 Å². The van der Waals surface area contributed by atoms with Gasteiger partial charge in [0.2, 0.25) is 5.91 Å². The molecule has 0 saturated heterocycles. The van der Waals surface area contributed by atoms with Crippen LogP contribution in [-0.4, -0.2) is 47.1 Å². The van der Waals surface area contributed by atoms with Crippen LogP contribution in [0.3, 0.4) is 0 Å². The molecule has 1 atom stereocenters. The Bertz CT molecular complexity index is 529. The minimum absolute atomic E-state index is 0.0188. The second-order valence-corrected chi connectivity index (χ2v) is 5.68. The van der Waals surface area contributed by atoms with Crippen molar-refractivity contribution in [2.75, 3.05) is 13.1 Å². The van der Waals surface area contributed by atoms with Crippen molar-refractivity contribution in [3.8, 4) is 0 Å². The molecule has 0 aliphatic heterocycles. The van der Waals surface area contributed by atoms with Crippen molar-refractivity contribution >= 4 is 23.4 Å². The summed E-state index contributed by atoms with van der Waals surface area (Å²) in [5.74, 6) is -1.86. The van der Waals surface area contributed by atoms with Gasteiger partial charge in [0.05, 0.1) is 23.2 Å². The topological polar surface area (TPSA) is 69.6 Å². The van der Waals surface area contributed by atoms with E-state index in [2.05, 4.69) is 5.32 Å². The standard InChI is InChI=1S/C15H20ClFN2O3/c1-9(2)19(8-10(3)20)13(21)7-18-15(22)14-11(16)5-4-6-12(14)17/h4-6,9-10,20H,7-8H2,1-3H3,(H,18,22). The predicted molar refractivity (Wildman–Crippen MR) is 82.3 cm³/mol.